The zero-order valence-electron chi connectivity index (χ0n) is 12.2. The molecule has 0 saturated heterocycles. The molecule has 0 radical (unpaired) electrons. The van der Waals surface area contributed by atoms with Gasteiger partial charge in [0.1, 0.15) is 0 Å². The van der Waals surface area contributed by atoms with Gasteiger partial charge in [-0.25, -0.2) is 0 Å². The third-order valence-electron chi connectivity index (χ3n) is 3.54. The highest BCUT2D eigenvalue weighted by Crippen LogP contribution is 2.28. The van der Waals surface area contributed by atoms with Crippen LogP contribution in [0.5, 0.6) is 0 Å². The van der Waals surface area contributed by atoms with Gasteiger partial charge in [-0.05, 0) is 54.8 Å². The summed E-state index contributed by atoms with van der Waals surface area (Å²) in [5.41, 5.74) is 11.0. The maximum atomic E-state index is 6.01. The number of hydrogen-bond acceptors (Lipinski definition) is 2. The van der Waals surface area contributed by atoms with Crippen LogP contribution in [0.3, 0.4) is 0 Å². The summed E-state index contributed by atoms with van der Waals surface area (Å²) in [6.45, 7) is 4.84. The Bertz CT molecular complexity index is 575. The number of hydrogen-bond donors (Lipinski definition) is 1. The second kappa shape index (κ2) is 6.42. The molecule has 0 amide bonds. The highest BCUT2D eigenvalue weighted by molar-refractivity contribution is 9.10. The quantitative estimate of drug-likeness (QED) is 0.908. The molecule has 0 spiro atoms. The van der Waals surface area contributed by atoms with E-state index in [4.69, 9.17) is 5.73 Å². The second-order valence-electron chi connectivity index (χ2n) is 5.26. The predicted octanol–water partition coefficient (Wildman–Crippen LogP) is 4.20. The Labute approximate surface area is 129 Å². The van der Waals surface area contributed by atoms with E-state index in [1.807, 2.05) is 6.07 Å². The molecule has 0 heterocycles. The minimum atomic E-state index is 0.175. The van der Waals surface area contributed by atoms with Gasteiger partial charge in [0.25, 0.3) is 0 Å². The molecule has 0 fully saturated rings. The normalized spacial score (nSPS) is 12.2. The highest BCUT2D eigenvalue weighted by Gasteiger charge is 2.16. The lowest BCUT2D eigenvalue weighted by Gasteiger charge is -2.30. The summed E-state index contributed by atoms with van der Waals surface area (Å²) in [6.07, 6.45) is 0. The average molecular weight is 333 g/mol. The fraction of sp³-hybridized carbons (Fsp3) is 0.294. The smallest absolute Gasteiger partial charge is 0.0661 e. The van der Waals surface area contributed by atoms with Crippen molar-refractivity contribution < 1.29 is 0 Å². The molecule has 0 bridgehead atoms. The van der Waals surface area contributed by atoms with Crippen LogP contribution in [0.4, 0.5) is 5.69 Å². The third kappa shape index (κ3) is 3.41. The Morgan fingerprint density at radius 3 is 2.30 bits per heavy atom. The molecule has 0 aliphatic carbocycles. The van der Waals surface area contributed by atoms with Gasteiger partial charge in [-0.2, -0.15) is 0 Å². The summed E-state index contributed by atoms with van der Waals surface area (Å²) in [7, 11) is 2.10. The summed E-state index contributed by atoms with van der Waals surface area (Å²) >= 11 is 3.53. The molecule has 3 heteroatoms. The molecule has 0 aromatic heterocycles. The fourth-order valence-corrected chi connectivity index (χ4v) is 2.98. The molecule has 2 nitrogen and oxygen atoms in total. The zero-order chi connectivity index (χ0) is 14.7. The standard InChI is InChI=1S/C17H21BrN2/c1-12-7-13(2)9-16(8-12)20(3)17(11-19)14-5-4-6-15(18)10-14/h4-10,17H,11,19H2,1-3H3. The van der Waals surface area contributed by atoms with Gasteiger partial charge in [0, 0.05) is 23.8 Å². The lowest BCUT2D eigenvalue weighted by atomic mass is 10.0. The second-order valence-corrected chi connectivity index (χ2v) is 6.18. The van der Waals surface area contributed by atoms with Crippen molar-refractivity contribution in [1.82, 2.24) is 0 Å². The summed E-state index contributed by atoms with van der Waals surface area (Å²) in [6, 6.07) is 15.1. The van der Waals surface area contributed by atoms with Crippen molar-refractivity contribution in [2.45, 2.75) is 19.9 Å². The molecule has 0 aliphatic heterocycles. The molecule has 2 rings (SSSR count). The van der Waals surface area contributed by atoms with E-state index in [2.05, 4.69) is 78.1 Å². The lowest BCUT2D eigenvalue weighted by molar-refractivity contribution is 0.680. The summed E-state index contributed by atoms with van der Waals surface area (Å²) in [4.78, 5) is 2.25. The first-order chi connectivity index (χ1) is 9.51. The molecule has 106 valence electrons. The minimum Gasteiger partial charge on any atom is -0.366 e. The molecule has 20 heavy (non-hydrogen) atoms. The van der Waals surface area contributed by atoms with Crippen molar-refractivity contribution in [1.29, 1.82) is 0 Å². The van der Waals surface area contributed by atoms with Crippen LogP contribution >= 0.6 is 15.9 Å². The lowest BCUT2D eigenvalue weighted by Crippen LogP contribution is -2.30. The topological polar surface area (TPSA) is 29.3 Å². The molecule has 2 N–H and O–H groups in total. The Morgan fingerprint density at radius 1 is 1.10 bits per heavy atom. The number of rotatable bonds is 4. The summed E-state index contributed by atoms with van der Waals surface area (Å²) in [5.74, 6) is 0. The minimum absolute atomic E-state index is 0.175. The van der Waals surface area contributed by atoms with Crippen LogP contribution < -0.4 is 10.6 Å². The van der Waals surface area contributed by atoms with Crippen molar-refractivity contribution in [3.63, 3.8) is 0 Å². The number of likely N-dealkylation sites (N-methyl/N-ethyl adjacent to an activating group) is 1. The van der Waals surface area contributed by atoms with Crippen molar-refractivity contribution in [2.24, 2.45) is 5.73 Å². The maximum Gasteiger partial charge on any atom is 0.0661 e. The van der Waals surface area contributed by atoms with E-state index < -0.39 is 0 Å². The Kier molecular flexibility index (Phi) is 4.84. The van der Waals surface area contributed by atoms with Crippen LogP contribution in [0, 0.1) is 13.8 Å². The molecule has 2 aromatic carbocycles. The van der Waals surface area contributed by atoms with Crippen molar-refractivity contribution in [3.8, 4) is 0 Å². The molecular weight excluding hydrogens is 312 g/mol. The molecule has 0 aliphatic rings. The van der Waals surface area contributed by atoms with Gasteiger partial charge < -0.3 is 10.6 Å². The van der Waals surface area contributed by atoms with Crippen LogP contribution in [-0.4, -0.2) is 13.6 Å². The van der Waals surface area contributed by atoms with E-state index in [0.717, 1.165) is 4.47 Å². The largest absolute Gasteiger partial charge is 0.366 e. The first kappa shape index (κ1) is 15.1. The van der Waals surface area contributed by atoms with Gasteiger partial charge in [-0.3, -0.25) is 0 Å². The Morgan fingerprint density at radius 2 is 1.75 bits per heavy atom. The van der Waals surface area contributed by atoms with Gasteiger partial charge in [-0.15, -0.1) is 0 Å². The molecule has 2 aromatic rings. The van der Waals surface area contributed by atoms with Crippen molar-refractivity contribution in [3.05, 3.63) is 63.6 Å². The molecule has 1 atom stereocenters. The third-order valence-corrected chi connectivity index (χ3v) is 4.03. The molecule has 1 unspecified atom stereocenters. The first-order valence-corrected chi connectivity index (χ1v) is 7.57. The van der Waals surface area contributed by atoms with Gasteiger partial charge in [0.15, 0.2) is 0 Å². The maximum absolute atomic E-state index is 6.01. The Hall–Kier alpha value is -1.32. The van der Waals surface area contributed by atoms with Gasteiger partial charge in [0.2, 0.25) is 0 Å². The number of anilines is 1. The van der Waals surface area contributed by atoms with E-state index in [1.54, 1.807) is 0 Å². The number of aryl methyl sites for hydroxylation is 2. The van der Waals surface area contributed by atoms with E-state index >= 15 is 0 Å². The van der Waals surface area contributed by atoms with Crippen molar-refractivity contribution in [2.75, 3.05) is 18.5 Å². The summed E-state index contributed by atoms with van der Waals surface area (Å²) < 4.78 is 1.09. The Balaban J connectivity index is 2.35. The molecule has 0 saturated carbocycles. The van der Waals surface area contributed by atoms with Crippen LogP contribution in [0.2, 0.25) is 0 Å². The van der Waals surface area contributed by atoms with E-state index in [-0.39, 0.29) is 6.04 Å². The van der Waals surface area contributed by atoms with Gasteiger partial charge >= 0.3 is 0 Å². The number of benzene rings is 2. The van der Waals surface area contributed by atoms with Gasteiger partial charge in [-0.1, -0.05) is 34.1 Å². The van der Waals surface area contributed by atoms with E-state index in [1.165, 1.54) is 22.4 Å². The first-order valence-electron chi connectivity index (χ1n) is 6.78. The van der Waals surface area contributed by atoms with Crippen LogP contribution in [0.1, 0.15) is 22.7 Å². The van der Waals surface area contributed by atoms with Gasteiger partial charge in [0.05, 0.1) is 6.04 Å². The predicted molar refractivity (Wildman–Crippen MR) is 90.3 cm³/mol. The number of nitrogens with zero attached hydrogens (tertiary/aromatic N) is 1. The van der Waals surface area contributed by atoms with Crippen LogP contribution in [0.25, 0.3) is 0 Å². The van der Waals surface area contributed by atoms with E-state index in [0.29, 0.717) is 6.54 Å². The SMILES string of the molecule is Cc1cc(C)cc(N(C)C(CN)c2cccc(Br)c2)c1. The number of halogens is 1. The summed E-state index contributed by atoms with van der Waals surface area (Å²) in [5, 5.41) is 0. The van der Waals surface area contributed by atoms with Crippen molar-refractivity contribution >= 4 is 21.6 Å². The monoisotopic (exact) mass is 332 g/mol. The number of nitrogens with two attached hydrogens (primary N) is 1. The fourth-order valence-electron chi connectivity index (χ4n) is 2.57. The van der Waals surface area contributed by atoms with E-state index in [9.17, 15) is 0 Å². The average Bonchev–Trinajstić information content (AvgIpc) is 2.38. The van der Waals surface area contributed by atoms with Crippen LogP contribution in [0.15, 0.2) is 46.9 Å². The van der Waals surface area contributed by atoms with Crippen LogP contribution in [-0.2, 0) is 0 Å². The zero-order valence-corrected chi connectivity index (χ0v) is 13.8. The molecular formula is C17H21BrN2. The highest BCUT2D eigenvalue weighted by atomic mass is 79.9.